The Morgan fingerprint density at radius 1 is 1.30 bits per heavy atom. The number of aryl methyl sites for hydroxylation is 1. The maximum atomic E-state index is 6.12. The van der Waals surface area contributed by atoms with Crippen LogP contribution >= 0.6 is 11.6 Å². The van der Waals surface area contributed by atoms with E-state index in [1.807, 2.05) is 22.8 Å². The molecule has 1 aromatic carbocycles. The van der Waals surface area contributed by atoms with Crippen LogP contribution in [-0.2, 0) is 6.54 Å². The molecule has 0 aliphatic carbocycles. The quantitative estimate of drug-likeness (QED) is 0.412. The number of halogens is 1. The number of unbranched alkanes of at least 4 members (excludes halogenated alkanes) is 1. The van der Waals surface area contributed by atoms with Gasteiger partial charge in [-0.25, -0.2) is 0 Å². The molecule has 1 fully saturated rings. The van der Waals surface area contributed by atoms with Crippen LogP contribution in [0, 0.1) is 0 Å². The van der Waals surface area contributed by atoms with Crippen LogP contribution in [0.25, 0.3) is 0 Å². The van der Waals surface area contributed by atoms with Crippen LogP contribution in [0.1, 0.15) is 26.2 Å². The zero-order valence-corrected chi connectivity index (χ0v) is 16.6. The number of nitrogens with zero attached hydrogens (tertiary/aromatic N) is 5. The Bertz CT molecular complexity index is 717. The number of anilines is 1. The second kappa shape index (κ2) is 10.2. The van der Waals surface area contributed by atoms with Crippen molar-refractivity contribution in [1.82, 2.24) is 25.4 Å². The molecule has 1 aliphatic heterocycles. The minimum absolute atomic E-state index is 0.388. The van der Waals surface area contributed by atoms with Gasteiger partial charge in [-0.1, -0.05) is 17.7 Å². The van der Waals surface area contributed by atoms with Crippen LogP contribution in [0.3, 0.4) is 0 Å². The number of aliphatic imine (C=N–C) groups is 1. The molecule has 27 heavy (non-hydrogen) atoms. The van der Waals surface area contributed by atoms with Gasteiger partial charge in [-0.15, -0.1) is 10.2 Å². The van der Waals surface area contributed by atoms with Gasteiger partial charge in [0.15, 0.2) is 5.96 Å². The van der Waals surface area contributed by atoms with Crippen LogP contribution < -0.4 is 15.5 Å². The Morgan fingerprint density at radius 3 is 2.93 bits per heavy atom. The molecule has 2 aromatic rings. The summed E-state index contributed by atoms with van der Waals surface area (Å²) in [5, 5.41) is 15.3. The van der Waals surface area contributed by atoms with Gasteiger partial charge in [0.1, 0.15) is 12.7 Å². The SMILES string of the molecule is CCNC(=NCCCCn1cnnc1)NC1CCN(c2cccc(Cl)c2)C1. The second-order valence-electron chi connectivity index (χ2n) is 6.72. The summed E-state index contributed by atoms with van der Waals surface area (Å²) in [4.78, 5) is 7.09. The molecule has 0 spiro atoms. The first-order valence-electron chi connectivity index (χ1n) is 9.62. The lowest BCUT2D eigenvalue weighted by Crippen LogP contribution is -2.44. The molecule has 146 valence electrons. The van der Waals surface area contributed by atoms with Crippen molar-refractivity contribution < 1.29 is 0 Å². The average Bonchev–Trinajstić information content (AvgIpc) is 3.33. The number of rotatable bonds is 8. The van der Waals surface area contributed by atoms with Crippen molar-refractivity contribution >= 4 is 23.2 Å². The fourth-order valence-electron chi connectivity index (χ4n) is 3.23. The molecule has 0 amide bonds. The molecule has 1 atom stereocenters. The van der Waals surface area contributed by atoms with E-state index in [0.717, 1.165) is 63.0 Å². The van der Waals surface area contributed by atoms with E-state index in [2.05, 4.69) is 38.7 Å². The third-order valence-corrected chi connectivity index (χ3v) is 4.84. The van der Waals surface area contributed by atoms with Gasteiger partial charge in [-0.05, 0) is 44.4 Å². The summed E-state index contributed by atoms with van der Waals surface area (Å²) in [5.74, 6) is 0.903. The molecule has 0 radical (unpaired) electrons. The Labute approximate surface area is 165 Å². The number of hydrogen-bond acceptors (Lipinski definition) is 4. The number of hydrogen-bond donors (Lipinski definition) is 2. The highest BCUT2D eigenvalue weighted by Crippen LogP contribution is 2.23. The van der Waals surface area contributed by atoms with Gasteiger partial charge in [-0.3, -0.25) is 4.99 Å². The van der Waals surface area contributed by atoms with E-state index in [1.165, 1.54) is 5.69 Å². The van der Waals surface area contributed by atoms with Crippen molar-refractivity contribution in [3.63, 3.8) is 0 Å². The average molecular weight is 390 g/mol. The maximum absolute atomic E-state index is 6.12. The van der Waals surface area contributed by atoms with Gasteiger partial charge < -0.3 is 20.1 Å². The third-order valence-electron chi connectivity index (χ3n) is 4.61. The smallest absolute Gasteiger partial charge is 0.191 e. The van der Waals surface area contributed by atoms with Crippen molar-refractivity contribution in [1.29, 1.82) is 0 Å². The molecule has 1 unspecified atom stereocenters. The van der Waals surface area contributed by atoms with Gasteiger partial charge in [0.25, 0.3) is 0 Å². The summed E-state index contributed by atoms with van der Waals surface area (Å²) in [7, 11) is 0. The molecule has 2 N–H and O–H groups in total. The van der Waals surface area contributed by atoms with Crippen molar-refractivity contribution in [2.75, 3.05) is 31.1 Å². The Kier molecular flexibility index (Phi) is 7.33. The van der Waals surface area contributed by atoms with Crippen molar-refractivity contribution in [2.45, 2.75) is 38.8 Å². The van der Waals surface area contributed by atoms with Gasteiger partial charge in [-0.2, -0.15) is 0 Å². The van der Waals surface area contributed by atoms with Crippen LogP contribution in [0.15, 0.2) is 41.9 Å². The van der Waals surface area contributed by atoms with Gasteiger partial charge in [0, 0.05) is 49.5 Å². The molecule has 1 saturated heterocycles. The number of nitrogens with one attached hydrogen (secondary N) is 2. The summed E-state index contributed by atoms with van der Waals surface area (Å²) < 4.78 is 2.00. The molecule has 1 aliphatic rings. The van der Waals surface area contributed by atoms with Gasteiger partial charge >= 0.3 is 0 Å². The van der Waals surface area contributed by atoms with E-state index in [4.69, 9.17) is 16.6 Å². The van der Waals surface area contributed by atoms with Gasteiger partial charge in [0.05, 0.1) is 0 Å². The van der Waals surface area contributed by atoms with E-state index in [-0.39, 0.29) is 0 Å². The minimum Gasteiger partial charge on any atom is -0.369 e. The molecule has 8 heteroatoms. The van der Waals surface area contributed by atoms with Gasteiger partial charge in [0.2, 0.25) is 0 Å². The van der Waals surface area contributed by atoms with Crippen LogP contribution in [0.4, 0.5) is 5.69 Å². The van der Waals surface area contributed by atoms with Crippen LogP contribution in [0.5, 0.6) is 0 Å². The fraction of sp³-hybridized carbons (Fsp3) is 0.526. The van der Waals surface area contributed by atoms with Crippen molar-refractivity contribution in [2.24, 2.45) is 4.99 Å². The van der Waals surface area contributed by atoms with Crippen molar-refractivity contribution in [3.05, 3.63) is 41.9 Å². The molecular weight excluding hydrogens is 362 g/mol. The summed E-state index contributed by atoms with van der Waals surface area (Å²) in [6.07, 6.45) is 6.69. The molecule has 3 rings (SSSR count). The Morgan fingerprint density at radius 2 is 2.15 bits per heavy atom. The first-order chi connectivity index (χ1) is 13.2. The monoisotopic (exact) mass is 389 g/mol. The summed E-state index contributed by atoms with van der Waals surface area (Å²) in [6, 6.07) is 8.45. The first kappa shape index (κ1) is 19.5. The lowest BCUT2D eigenvalue weighted by atomic mass is 10.2. The normalized spacial score (nSPS) is 17.3. The molecule has 7 nitrogen and oxygen atoms in total. The highest BCUT2D eigenvalue weighted by Gasteiger charge is 2.23. The van der Waals surface area contributed by atoms with E-state index < -0.39 is 0 Å². The summed E-state index contributed by atoms with van der Waals surface area (Å²) >= 11 is 6.12. The summed E-state index contributed by atoms with van der Waals surface area (Å²) in [6.45, 7) is 6.67. The maximum Gasteiger partial charge on any atom is 0.191 e. The topological polar surface area (TPSA) is 70.4 Å². The Balaban J connectivity index is 1.44. The predicted molar refractivity (Wildman–Crippen MR) is 110 cm³/mol. The second-order valence-corrected chi connectivity index (χ2v) is 7.16. The van der Waals surface area contributed by atoms with Crippen LogP contribution in [-0.4, -0.2) is 52.9 Å². The zero-order valence-electron chi connectivity index (χ0n) is 15.8. The molecule has 1 aromatic heterocycles. The van der Waals surface area contributed by atoms with E-state index in [0.29, 0.717) is 6.04 Å². The summed E-state index contributed by atoms with van der Waals surface area (Å²) in [5.41, 5.74) is 1.18. The standard InChI is InChI=1S/C19H28ClN7/c1-2-21-19(22-9-3-4-10-26-14-23-24-15-26)25-17-8-11-27(13-17)18-7-5-6-16(20)12-18/h5-7,12,14-15,17H,2-4,8-11,13H2,1H3,(H2,21,22,25). The molecule has 2 heterocycles. The van der Waals surface area contributed by atoms with Crippen LogP contribution in [0.2, 0.25) is 5.02 Å². The molecular formula is C19H28ClN7. The van der Waals surface area contributed by atoms with Crippen molar-refractivity contribution in [3.8, 4) is 0 Å². The van der Waals surface area contributed by atoms with E-state index in [1.54, 1.807) is 12.7 Å². The molecule has 0 bridgehead atoms. The zero-order chi connectivity index (χ0) is 18.9. The largest absolute Gasteiger partial charge is 0.369 e. The highest BCUT2D eigenvalue weighted by molar-refractivity contribution is 6.30. The lowest BCUT2D eigenvalue weighted by Gasteiger charge is -2.20. The predicted octanol–water partition coefficient (Wildman–Crippen LogP) is 2.55. The minimum atomic E-state index is 0.388. The third kappa shape index (κ3) is 6.13. The first-order valence-corrected chi connectivity index (χ1v) is 10.00. The van der Waals surface area contributed by atoms with E-state index >= 15 is 0 Å². The Hall–Kier alpha value is -2.28. The highest BCUT2D eigenvalue weighted by atomic mass is 35.5. The number of benzene rings is 1. The number of guanidine groups is 1. The lowest BCUT2D eigenvalue weighted by molar-refractivity contribution is 0.607. The van der Waals surface area contributed by atoms with E-state index in [9.17, 15) is 0 Å². The fourth-order valence-corrected chi connectivity index (χ4v) is 3.42. The number of aromatic nitrogens is 3. The molecule has 0 saturated carbocycles.